The second-order valence-corrected chi connectivity index (χ2v) is 5.45. The molecule has 0 aromatic rings. The molecule has 1 aliphatic heterocycles. The minimum absolute atomic E-state index is 0. The predicted octanol–water partition coefficient (Wildman–Crippen LogP) is 2.25. The van der Waals surface area contributed by atoms with Crippen LogP contribution in [0.3, 0.4) is 0 Å². The molecule has 2 aliphatic rings. The maximum absolute atomic E-state index is 12.3. The van der Waals surface area contributed by atoms with E-state index in [1.807, 2.05) is 0 Å². The van der Waals surface area contributed by atoms with Crippen molar-refractivity contribution in [3.05, 3.63) is 0 Å². The molecule has 1 saturated heterocycles. The van der Waals surface area contributed by atoms with Gasteiger partial charge in [0.05, 0.1) is 0 Å². The zero-order valence-corrected chi connectivity index (χ0v) is 11.7. The largest absolute Gasteiger partial charge is 0.351 e. The molecular weight excluding hydrogens is 236 g/mol. The molecule has 0 spiro atoms. The van der Waals surface area contributed by atoms with Crippen LogP contribution in [-0.4, -0.2) is 24.5 Å². The van der Waals surface area contributed by atoms with E-state index in [9.17, 15) is 4.79 Å². The lowest BCUT2D eigenvalue weighted by atomic mass is 9.66. The fraction of sp³-hybridized carbons (Fsp3) is 0.923. The van der Waals surface area contributed by atoms with Gasteiger partial charge in [0.25, 0.3) is 0 Å². The summed E-state index contributed by atoms with van der Waals surface area (Å²) in [4.78, 5) is 12.3. The summed E-state index contributed by atoms with van der Waals surface area (Å²) in [5, 5.41) is 6.69. The molecule has 2 N–H and O–H groups in total. The van der Waals surface area contributed by atoms with Gasteiger partial charge in [0.15, 0.2) is 0 Å². The first-order valence-electron chi connectivity index (χ1n) is 6.72. The van der Waals surface area contributed by atoms with Crippen molar-refractivity contribution in [3.8, 4) is 0 Å². The minimum Gasteiger partial charge on any atom is -0.351 e. The maximum atomic E-state index is 12.3. The van der Waals surface area contributed by atoms with Crippen LogP contribution in [0.4, 0.5) is 0 Å². The molecule has 0 radical (unpaired) electrons. The Morgan fingerprint density at radius 2 is 2.12 bits per heavy atom. The summed E-state index contributed by atoms with van der Waals surface area (Å²) in [6.45, 7) is 5.40. The molecule has 1 amide bonds. The fourth-order valence-electron chi connectivity index (χ4n) is 2.91. The van der Waals surface area contributed by atoms with Crippen molar-refractivity contribution in [2.45, 2.75) is 64.5 Å². The molecule has 0 aromatic heterocycles. The molecule has 2 rings (SSSR count). The Morgan fingerprint density at radius 1 is 1.41 bits per heavy atom. The summed E-state index contributed by atoms with van der Waals surface area (Å²) < 4.78 is 0. The molecule has 0 bridgehead atoms. The van der Waals surface area contributed by atoms with Crippen molar-refractivity contribution < 1.29 is 4.79 Å². The van der Waals surface area contributed by atoms with Gasteiger partial charge in [-0.3, -0.25) is 4.79 Å². The Balaban J connectivity index is 0.00000144. The SMILES string of the molecule is CCC1(C(=O)NC2CCCNC2C)CCC1.Cl. The number of hydrogen-bond donors (Lipinski definition) is 2. The van der Waals surface area contributed by atoms with Crippen molar-refractivity contribution >= 4 is 18.3 Å². The van der Waals surface area contributed by atoms with Gasteiger partial charge in [0, 0.05) is 17.5 Å². The first-order valence-corrected chi connectivity index (χ1v) is 6.72. The number of rotatable bonds is 3. The summed E-state index contributed by atoms with van der Waals surface area (Å²) in [6, 6.07) is 0.761. The fourth-order valence-corrected chi connectivity index (χ4v) is 2.91. The minimum atomic E-state index is -0.0167. The van der Waals surface area contributed by atoms with Crippen molar-refractivity contribution in [2.24, 2.45) is 5.41 Å². The van der Waals surface area contributed by atoms with Crippen LogP contribution in [-0.2, 0) is 4.79 Å². The summed E-state index contributed by atoms with van der Waals surface area (Å²) in [7, 11) is 0. The van der Waals surface area contributed by atoms with Crippen molar-refractivity contribution in [3.63, 3.8) is 0 Å². The first-order chi connectivity index (χ1) is 7.68. The lowest BCUT2D eigenvalue weighted by molar-refractivity contribution is -0.137. The molecule has 100 valence electrons. The molecular formula is C13H25ClN2O. The highest BCUT2D eigenvalue weighted by Gasteiger charge is 2.43. The average Bonchev–Trinajstić information content (AvgIpc) is 2.21. The number of amides is 1. The van der Waals surface area contributed by atoms with Crippen LogP contribution >= 0.6 is 12.4 Å². The third-order valence-corrected chi connectivity index (χ3v) is 4.55. The van der Waals surface area contributed by atoms with Crippen LogP contribution in [0.25, 0.3) is 0 Å². The topological polar surface area (TPSA) is 41.1 Å². The number of halogens is 1. The quantitative estimate of drug-likeness (QED) is 0.817. The predicted molar refractivity (Wildman–Crippen MR) is 72.5 cm³/mol. The molecule has 1 aliphatic carbocycles. The van der Waals surface area contributed by atoms with Crippen LogP contribution in [0, 0.1) is 5.41 Å². The van der Waals surface area contributed by atoms with E-state index in [4.69, 9.17) is 0 Å². The van der Waals surface area contributed by atoms with Gasteiger partial charge >= 0.3 is 0 Å². The summed E-state index contributed by atoms with van der Waals surface area (Å²) in [6.07, 6.45) is 6.69. The highest BCUT2D eigenvalue weighted by Crippen LogP contribution is 2.44. The number of carbonyl (C=O) groups excluding carboxylic acids is 1. The van der Waals surface area contributed by atoms with E-state index in [0.29, 0.717) is 18.0 Å². The molecule has 0 aromatic carbocycles. The number of carbonyl (C=O) groups is 1. The Bertz CT molecular complexity index is 261. The van der Waals surface area contributed by atoms with Crippen molar-refractivity contribution in [1.82, 2.24) is 10.6 Å². The molecule has 1 heterocycles. The van der Waals surface area contributed by atoms with E-state index in [-0.39, 0.29) is 17.8 Å². The van der Waals surface area contributed by atoms with E-state index >= 15 is 0 Å². The van der Waals surface area contributed by atoms with E-state index < -0.39 is 0 Å². The first kappa shape index (κ1) is 14.8. The molecule has 2 fully saturated rings. The van der Waals surface area contributed by atoms with Gasteiger partial charge in [-0.25, -0.2) is 0 Å². The van der Waals surface area contributed by atoms with E-state index in [2.05, 4.69) is 24.5 Å². The van der Waals surface area contributed by atoms with E-state index in [1.165, 1.54) is 12.8 Å². The highest BCUT2D eigenvalue weighted by atomic mass is 35.5. The van der Waals surface area contributed by atoms with Gasteiger partial charge in [0.1, 0.15) is 0 Å². The maximum Gasteiger partial charge on any atom is 0.226 e. The molecule has 1 saturated carbocycles. The second-order valence-electron chi connectivity index (χ2n) is 5.45. The van der Waals surface area contributed by atoms with Crippen LogP contribution in [0.2, 0.25) is 0 Å². The van der Waals surface area contributed by atoms with Crippen molar-refractivity contribution in [1.29, 1.82) is 0 Å². The van der Waals surface area contributed by atoms with Gasteiger partial charge in [-0.15, -0.1) is 12.4 Å². The summed E-state index contributed by atoms with van der Waals surface area (Å²) >= 11 is 0. The van der Waals surface area contributed by atoms with Crippen LogP contribution in [0.5, 0.6) is 0 Å². The lowest BCUT2D eigenvalue weighted by Crippen LogP contribution is -2.56. The molecule has 3 nitrogen and oxygen atoms in total. The summed E-state index contributed by atoms with van der Waals surface area (Å²) in [5.41, 5.74) is -0.0167. The van der Waals surface area contributed by atoms with Gasteiger partial charge in [-0.05, 0) is 45.6 Å². The molecule has 2 atom stereocenters. The van der Waals surface area contributed by atoms with Crippen molar-refractivity contribution in [2.75, 3.05) is 6.54 Å². The van der Waals surface area contributed by atoms with Crippen LogP contribution in [0.1, 0.15) is 52.4 Å². The van der Waals surface area contributed by atoms with E-state index in [0.717, 1.165) is 32.2 Å². The average molecular weight is 261 g/mol. The lowest BCUT2D eigenvalue weighted by Gasteiger charge is -2.42. The van der Waals surface area contributed by atoms with Gasteiger partial charge < -0.3 is 10.6 Å². The highest BCUT2D eigenvalue weighted by molar-refractivity contribution is 5.85. The van der Waals surface area contributed by atoms with Gasteiger partial charge in [0.2, 0.25) is 5.91 Å². The van der Waals surface area contributed by atoms with Gasteiger partial charge in [-0.2, -0.15) is 0 Å². The number of hydrogen-bond acceptors (Lipinski definition) is 2. The number of piperidine rings is 1. The van der Waals surface area contributed by atoms with Crippen LogP contribution < -0.4 is 10.6 Å². The molecule has 4 heteroatoms. The standard InChI is InChI=1S/C13H24N2O.ClH/c1-3-13(7-5-8-13)12(16)15-11-6-4-9-14-10(11)2;/h10-11,14H,3-9H2,1-2H3,(H,15,16);1H. The Morgan fingerprint density at radius 3 is 2.59 bits per heavy atom. The summed E-state index contributed by atoms with van der Waals surface area (Å²) in [5.74, 6) is 0.307. The normalized spacial score (nSPS) is 30.9. The van der Waals surface area contributed by atoms with E-state index in [1.54, 1.807) is 0 Å². The van der Waals surface area contributed by atoms with Gasteiger partial charge in [-0.1, -0.05) is 13.3 Å². The molecule has 17 heavy (non-hydrogen) atoms. The smallest absolute Gasteiger partial charge is 0.226 e. The zero-order chi connectivity index (χ0) is 11.6. The zero-order valence-electron chi connectivity index (χ0n) is 10.9. The Hall–Kier alpha value is -0.280. The third-order valence-electron chi connectivity index (χ3n) is 4.55. The Labute approximate surface area is 111 Å². The Kier molecular flexibility index (Phi) is 5.26. The second kappa shape index (κ2) is 6.05. The van der Waals surface area contributed by atoms with Crippen LogP contribution in [0.15, 0.2) is 0 Å². The number of nitrogens with one attached hydrogen (secondary N) is 2. The molecule has 2 unspecified atom stereocenters. The monoisotopic (exact) mass is 260 g/mol. The third kappa shape index (κ3) is 2.94.